The van der Waals surface area contributed by atoms with E-state index in [9.17, 15) is 18.0 Å². The van der Waals surface area contributed by atoms with E-state index in [2.05, 4.69) is 5.32 Å². The Kier molecular flexibility index (Phi) is 9.98. The Hall–Kier alpha value is -2.62. The minimum Gasteiger partial charge on any atom is -0.357 e. The summed E-state index contributed by atoms with van der Waals surface area (Å²) in [6, 6.07) is 18.8. The lowest BCUT2D eigenvalue weighted by Crippen LogP contribution is -2.52. The van der Waals surface area contributed by atoms with Gasteiger partial charge in [0.05, 0.1) is 11.4 Å². The smallest absolute Gasteiger partial charge is 0.243 e. The van der Waals surface area contributed by atoms with Crippen LogP contribution in [0.2, 0.25) is 15.1 Å². The van der Waals surface area contributed by atoms with Crippen molar-refractivity contribution in [3.63, 3.8) is 0 Å². The van der Waals surface area contributed by atoms with E-state index >= 15 is 0 Å². The van der Waals surface area contributed by atoms with Gasteiger partial charge in [0.2, 0.25) is 21.8 Å². The molecule has 0 aliphatic heterocycles. The normalized spacial score (nSPS) is 12.3. The minimum atomic E-state index is -4.01. The summed E-state index contributed by atoms with van der Waals surface area (Å²) in [6.45, 7) is -0.619. The Balaban J connectivity index is 1.98. The van der Waals surface area contributed by atoms with Gasteiger partial charge in [0.25, 0.3) is 0 Å². The Morgan fingerprint density at radius 2 is 1.49 bits per heavy atom. The van der Waals surface area contributed by atoms with Crippen molar-refractivity contribution < 1.29 is 18.0 Å². The topological polar surface area (TPSA) is 86.8 Å². The van der Waals surface area contributed by atoms with Crippen LogP contribution in [0.5, 0.6) is 0 Å². The molecular formula is C26H26Cl3N3O4S. The highest BCUT2D eigenvalue weighted by molar-refractivity contribution is 7.89. The first-order valence-electron chi connectivity index (χ1n) is 11.2. The first-order valence-corrected chi connectivity index (χ1v) is 13.8. The van der Waals surface area contributed by atoms with Crippen molar-refractivity contribution in [2.75, 3.05) is 20.6 Å². The van der Waals surface area contributed by atoms with E-state index in [0.29, 0.717) is 20.6 Å². The molecule has 3 rings (SSSR count). The van der Waals surface area contributed by atoms with Crippen LogP contribution in [-0.4, -0.2) is 56.1 Å². The van der Waals surface area contributed by atoms with Gasteiger partial charge in [-0.25, -0.2) is 8.42 Å². The van der Waals surface area contributed by atoms with Gasteiger partial charge in [0.1, 0.15) is 6.04 Å². The molecule has 0 bridgehead atoms. The Bertz CT molecular complexity index is 1330. The highest BCUT2D eigenvalue weighted by Crippen LogP contribution is 2.27. The molecule has 0 radical (unpaired) electrons. The second-order valence-electron chi connectivity index (χ2n) is 8.26. The molecule has 3 aromatic rings. The lowest BCUT2D eigenvalue weighted by atomic mass is 10.0. The summed E-state index contributed by atoms with van der Waals surface area (Å²) in [5, 5.41) is 3.64. The van der Waals surface area contributed by atoms with Gasteiger partial charge in [-0.2, -0.15) is 4.31 Å². The summed E-state index contributed by atoms with van der Waals surface area (Å²) in [6.07, 6.45) is 0.196. The number of carbonyl (C=O) groups excluding carboxylic acids is 2. The van der Waals surface area contributed by atoms with Crippen LogP contribution in [0.4, 0.5) is 0 Å². The van der Waals surface area contributed by atoms with Gasteiger partial charge in [0.15, 0.2) is 0 Å². The predicted octanol–water partition coefficient (Wildman–Crippen LogP) is 4.65. The molecule has 0 saturated carbocycles. The molecule has 7 nitrogen and oxygen atoms in total. The summed E-state index contributed by atoms with van der Waals surface area (Å²) < 4.78 is 27.2. The monoisotopic (exact) mass is 581 g/mol. The van der Waals surface area contributed by atoms with Crippen LogP contribution in [0.25, 0.3) is 0 Å². The van der Waals surface area contributed by atoms with Gasteiger partial charge in [-0.1, -0.05) is 71.2 Å². The van der Waals surface area contributed by atoms with E-state index in [4.69, 9.17) is 34.8 Å². The number of amides is 2. The Morgan fingerprint density at radius 1 is 0.892 bits per heavy atom. The quantitative estimate of drug-likeness (QED) is 0.377. The van der Waals surface area contributed by atoms with Gasteiger partial charge in [-0.3, -0.25) is 9.59 Å². The van der Waals surface area contributed by atoms with Crippen LogP contribution in [-0.2, 0) is 32.6 Å². The van der Waals surface area contributed by atoms with E-state index < -0.39 is 34.4 Å². The molecule has 1 atom stereocenters. The Morgan fingerprint density at radius 3 is 2.05 bits per heavy atom. The number of hydrogen-bond donors (Lipinski definition) is 1. The van der Waals surface area contributed by atoms with Gasteiger partial charge in [0, 0.05) is 47.7 Å². The average Bonchev–Trinajstić information content (AvgIpc) is 2.87. The van der Waals surface area contributed by atoms with Gasteiger partial charge in [-0.05, 0) is 42.0 Å². The number of carbonyl (C=O) groups is 2. The molecule has 0 heterocycles. The predicted molar refractivity (Wildman–Crippen MR) is 146 cm³/mol. The van der Waals surface area contributed by atoms with Crippen LogP contribution in [0, 0.1) is 0 Å². The number of likely N-dealkylation sites (N-methyl/N-ethyl adjacent to an activating group) is 2. The first-order chi connectivity index (χ1) is 17.5. The number of hydrogen-bond acceptors (Lipinski definition) is 4. The van der Waals surface area contributed by atoms with E-state index in [-0.39, 0.29) is 17.9 Å². The number of nitrogens with zero attached hydrogens (tertiary/aromatic N) is 2. The van der Waals surface area contributed by atoms with Crippen molar-refractivity contribution >= 4 is 56.6 Å². The molecule has 37 heavy (non-hydrogen) atoms. The molecular weight excluding hydrogens is 557 g/mol. The highest BCUT2D eigenvalue weighted by atomic mass is 35.5. The standard InChI is InChI=1S/C26H26Cl3N3O4S/c1-30-26(34)24(15-18-7-4-3-5-8-18)32(16-21-22(28)9-6-10-23(21)29)25(33)17-31(2)37(35,36)20-13-11-19(27)12-14-20/h3-14,24H,15-17H2,1-2H3,(H,30,34)/t24-/m0/s1. The van der Waals surface area contributed by atoms with Crippen LogP contribution >= 0.6 is 34.8 Å². The zero-order valence-corrected chi connectivity index (χ0v) is 23.3. The molecule has 0 aliphatic carbocycles. The summed E-state index contributed by atoms with van der Waals surface area (Å²) in [7, 11) is -1.23. The summed E-state index contributed by atoms with van der Waals surface area (Å²) >= 11 is 18.7. The molecule has 0 aliphatic rings. The molecule has 1 N–H and O–H groups in total. The summed E-state index contributed by atoms with van der Waals surface area (Å²) in [5.74, 6) is -1.01. The van der Waals surface area contributed by atoms with Gasteiger partial charge >= 0.3 is 0 Å². The van der Waals surface area contributed by atoms with Crippen LogP contribution < -0.4 is 5.32 Å². The summed E-state index contributed by atoms with van der Waals surface area (Å²) in [4.78, 5) is 28.0. The van der Waals surface area contributed by atoms with Crippen LogP contribution in [0.3, 0.4) is 0 Å². The first kappa shape index (κ1) is 28.9. The zero-order valence-electron chi connectivity index (χ0n) is 20.2. The number of rotatable bonds is 10. The van der Waals surface area contributed by atoms with Gasteiger partial charge < -0.3 is 10.2 Å². The lowest BCUT2D eigenvalue weighted by molar-refractivity contribution is -0.141. The fraction of sp³-hybridized carbons (Fsp3) is 0.231. The fourth-order valence-corrected chi connectivity index (χ4v) is 5.49. The molecule has 0 spiro atoms. The molecule has 0 fully saturated rings. The molecule has 0 unspecified atom stereocenters. The number of benzene rings is 3. The minimum absolute atomic E-state index is 0.0139. The number of sulfonamides is 1. The van der Waals surface area contributed by atoms with E-state index in [1.165, 1.54) is 43.3 Å². The van der Waals surface area contributed by atoms with E-state index in [0.717, 1.165) is 9.87 Å². The SMILES string of the molecule is CNC(=O)[C@H](Cc1ccccc1)N(Cc1c(Cl)cccc1Cl)C(=O)CN(C)S(=O)(=O)c1ccc(Cl)cc1. The molecule has 11 heteroatoms. The van der Waals surface area contributed by atoms with E-state index in [1.54, 1.807) is 18.2 Å². The van der Waals surface area contributed by atoms with Crippen LogP contribution in [0.15, 0.2) is 77.7 Å². The van der Waals surface area contributed by atoms with Crippen molar-refractivity contribution in [1.82, 2.24) is 14.5 Å². The fourth-order valence-electron chi connectivity index (χ4n) is 3.73. The summed E-state index contributed by atoms with van der Waals surface area (Å²) in [5.41, 5.74) is 1.27. The Labute approximate surface area is 232 Å². The van der Waals surface area contributed by atoms with Gasteiger partial charge in [-0.15, -0.1) is 0 Å². The molecule has 0 aromatic heterocycles. The highest BCUT2D eigenvalue weighted by Gasteiger charge is 2.33. The second kappa shape index (κ2) is 12.8. The lowest BCUT2D eigenvalue weighted by Gasteiger charge is -2.32. The maximum Gasteiger partial charge on any atom is 0.243 e. The number of nitrogens with one attached hydrogen (secondary N) is 1. The largest absolute Gasteiger partial charge is 0.357 e. The molecule has 2 amide bonds. The van der Waals surface area contributed by atoms with Crippen molar-refractivity contribution in [2.24, 2.45) is 0 Å². The van der Waals surface area contributed by atoms with Crippen molar-refractivity contribution in [1.29, 1.82) is 0 Å². The molecule has 196 valence electrons. The maximum atomic E-state index is 13.7. The molecule has 3 aromatic carbocycles. The van der Waals surface area contributed by atoms with E-state index in [1.807, 2.05) is 30.3 Å². The zero-order chi connectivity index (χ0) is 27.2. The third kappa shape index (κ3) is 7.24. The maximum absolute atomic E-state index is 13.7. The molecule has 0 saturated heterocycles. The third-order valence-electron chi connectivity index (χ3n) is 5.79. The van der Waals surface area contributed by atoms with Crippen LogP contribution in [0.1, 0.15) is 11.1 Å². The van der Waals surface area contributed by atoms with Crippen molar-refractivity contribution in [3.05, 3.63) is 99.0 Å². The number of halogens is 3. The second-order valence-corrected chi connectivity index (χ2v) is 11.6. The van der Waals surface area contributed by atoms with Crippen molar-refractivity contribution in [3.8, 4) is 0 Å². The average molecular weight is 583 g/mol. The third-order valence-corrected chi connectivity index (χ3v) is 8.57. The van der Waals surface area contributed by atoms with Crippen molar-refractivity contribution in [2.45, 2.75) is 23.9 Å².